The van der Waals surface area contributed by atoms with Gasteiger partial charge >= 0.3 is 26.2 Å². The Balaban J connectivity index is -0.0000000150. The topological polar surface area (TPSA) is 60.7 Å². The predicted molar refractivity (Wildman–Crippen MR) is 19.6 cm³/mol. The van der Waals surface area contributed by atoms with Crippen molar-refractivity contribution in [1.82, 2.24) is 0 Å². The molecule has 0 heterocycles. The molecule has 3 nitrogen and oxygen atoms in total. The zero-order valence-electron chi connectivity index (χ0n) is 2.57. The SMILES string of the molecule is OB(O)O.[Co].[LiH].[Ni]. The first-order chi connectivity index (χ1) is 1.73. The van der Waals surface area contributed by atoms with Crippen molar-refractivity contribution in [1.29, 1.82) is 0 Å². The average molecular weight is 187 g/mol. The fourth-order valence-electron chi connectivity index (χ4n) is 0. The Kier molecular flexibility index (Phi) is 52.6. The Morgan fingerprint density at radius 3 is 1.00 bits per heavy atom. The van der Waals surface area contributed by atoms with Crippen molar-refractivity contribution in [2.45, 2.75) is 0 Å². The minimum absolute atomic E-state index is 0. The van der Waals surface area contributed by atoms with Crippen LogP contribution in [0.4, 0.5) is 0 Å². The molecule has 0 saturated heterocycles. The van der Waals surface area contributed by atoms with Gasteiger partial charge in [0.15, 0.2) is 0 Å². The molecule has 7 heteroatoms. The van der Waals surface area contributed by atoms with Gasteiger partial charge in [-0.05, 0) is 0 Å². The molecule has 0 aliphatic rings. The van der Waals surface area contributed by atoms with Crippen LogP contribution < -0.4 is 0 Å². The molecule has 0 aliphatic heterocycles. The van der Waals surface area contributed by atoms with Crippen LogP contribution in [0.3, 0.4) is 0 Å². The largest absolute Gasteiger partial charge is 0 e. The molecule has 0 bridgehead atoms. The van der Waals surface area contributed by atoms with Gasteiger partial charge in [-0.25, -0.2) is 0 Å². The molecule has 0 aromatic heterocycles. The third-order valence-corrected chi connectivity index (χ3v) is 0. The molecule has 0 spiro atoms. The van der Waals surface area contributed by atoms with Gasteiger partial charge in [-0.15, -0.1) is 0 Å². The molecule has 0 fully saturated rings. The van der Waals surface area contributed by atoms with E-state index in [9.17, 15) is 0 Å². The first kappa shape index (κ1) is 23.6. The zero-order chi connectivity index (χ0) is 3.58. The van der Waals surface area contributed by atoms with Gasteiger partial charge in [-0.2, -0.15) is 0 Å². The van der Waals surface area contributed by atoms with Crippen LogP contribution in [0, 0.1) is 0 Å². The Bertz CT molecular complexity index is 19.7. The number of hydrogen-bond donors (Lipinski definition) is 3. The van der Waals surface area contributed by atoms with Crippen molar-refractivity contribution < 1.29 is 48.3 Å². The van der Waals surface area contributed by atoms with Crippen molar-refractivity contribution in [3.8, 4) is 0 Å². The van der Waals surface area contributed by atoms with Crippen molar-refractivity contribution in [2.75, 3.05) is 0 Å². The molecule has 0 atom stereocenters. The Morgan fingerprint density at radius 2 is 1.00 bits per heavy atom. The predicted octanol–water partition coefficient (Wildman–Crippen LogP) is -2.71. The summed E-state index contributed by atoms with van der Waals surface area (Å²) < 4.78 is 0. The summed E-state index contributed by atoms with van der Waals surface area (Å²) in [5.41, 5.74) is 0. The van der Waals surface area contributed by atoms with Crippen LogP contribution in [-0.4, -0.2) is 41.3 Å². The summed E-state index contributed by atoms with van der Waals surface area (Å²) in [4.78, 5) is 0. The molecule has 0 aliphatic carbocycles. The van der Waals surface area contributed by atoms with Gasteiger partial charge in [-0.3, -0.25) is 0 Å². The van der Waals surface area contributed by atoms with Crippen LogP contribution in [0.25, 0.3) is 0 Å². The Hall–Kier alpha value is 1.54. The summed E-state index contributed by atoms with van der Waals surface area (Å²) in [5, 5.41) is 21.5. The minimum Gasteiger partial charge on any atom is 0 e. The summed E-state index contributed by atoms with van der Waals surface area (Å²) in [6, 6.07) is 0. The Labute approximate surface area is 74.3 Å². The van der Waals surface area contributed by atoms with E-state index in [0.717, 1.165) is 0 Å². The quantitative estimate of drug-likeness (QED) is 0.362. The maximum absolute atomic E-state index is 7.17. The van der Waals surface area contributed by atoms with Gasteiger partial charge in [0.25, 0.3) is 0 Å². The smallest absolute Gasteiger partial charge is 0 e. The summed E-state index contributed by atoms with van der Waals surface area (Å²) in [6.45, 7) is 0. The van der Waals surface area contributed by atoms with Gasteiger partial charge in [0.2, 0.25) is 0 Å². The second-order valence-electron chi connectivity index (χ2n) is 0.346. The van der Waals surface area contributed by atoms with Gasteiger partial charge < -0.3 is 15.1 Å². The average Bonchev–Trinajstić information content (AvgIpc) is 0.811. The molecule has 3 N–H and O–H groups in total. The molecule has 0 amide bonds. The molecule has 0 aromatic rings. The molecule has 45 valence electrons. The number of hydrogen-bond acceptors (Lipinski definition) is 3. The molecule has 1 radical (unpaired) electrons. The second-order valence-corrected chi connectivity index (χ2v) is 0.346. The fraction of sp³-hybridized carbons (Fsp3) is 0. The molecule has 0 saturated carbocycles. The van der Waals surface area contributed by atoms with E-state index in [1.54, 1.807) is 0 Å². The molecule has 0 aromatic carbocycles. The van der Waals surface area contributed by atoms with E-state index in [4.69, 9.17) is 15.1 Å². The number of rotatable bonds is 0. The van der Waals surface area contributed by atoms with Gasteiger partial charge in [0.05, 0.1) is 0 Å². The third-order valence-electron chi connectivity index (χ3n) is 0. The summed E-state index contributed by atoms with van der Waals surface area (Å²) in [7, 11) is -2.17. The third kappa shape index (κ3) is 97.4. The summed E-state index contributed by atoms with van der Waals surface area (Å²) >= 11 is 0. The second kappa shape index (κ2) is 15.6. The first-order valence-corrected chi connectivity index (χ1v) is 0.775. The molecule has 7 heavy (non-hydrogen) atoms. The van der Waals surface area contributed by atoms with E-state index in [2.05, 4.69) is 0 Å². The van der Waals surface area contributed by atoms with Crippen LogP contribution in [0.1, 0.15) is 0 Å². The minimum atomic E-state index is -2.17. The van der Waals surface area contributed by atoms with Crippen molar-refractivity contribution >= 4 is 26.2 Å². The van der Waals surface area contributed by atoms with E-state index in [1.807, 2.05) is 0 Å². The Morgan fingerprint density at radius 1 is 1.00 bits per heavy atom. The normalized spacial score (nSPS) is 3.86. The fourth-order valence-corrected chi connectivity index (χ4v) is 0. The van der Waals surface area contributed by atoms with E-state index in [-0.39, 0.29) is 52.1 Å². The molecule has 0 unspecified atom stereocenters. The van der Waals surface area contributed by atoms with Crippen LogP contribution in [-0.2, 0) is 33.3 Å². The van der Waals surface area contributed by atoms with Gasteiger partial charge in [-0.1, -0.05) is 0 Å². The molecule has 0 rings (SSSR count). The zero-order valence-corrected chi connectivity index (χ0v) is 4.60. The van der Waals surface area contributed by atoms with Crippen LogP contribution >= 0.6 is 0 Å². The van der Waals surface area contributed by atoms with Crippen molar-refractivity contribution in [3.63, 3.8) is 0 Å². The standard InChI is InChI=1S/BH3O3.Co.Li.Ni.H/c2-1(3)4;;;;/h2-4H;;;;. The van der Waals surface area contributed by atoms with E-state index < -0.39 is 7.32 Å². The molecular weight excluding hydrogens is 183 g/mol. The monoisotopic (exact) mass is 187 g/mol. The molecular formula is H4BCoLiNiO3. The van der Waals surface area contributed by atoms with Crippen LogP contribution in [0.5, 0.6) is 0 Å². The van der Waals surface area contributed by atoms with Crippen LogP contribution in [0.15, 0.2) is 0 Å². The van der Waals surface area contributed by atoms with E-state index in [0.29, 0.717) is 0 Å². The van der Waals surface area contributed by atoms with E-state index in [1.165, 1.54) is 0 Å². The summed E-state index contributed by atoms with van der Waals surface area (Å²) in [6.07, 6.45) is 0. The maximum Gasteiger partial charge on any atom is 0 e. The maximum atomic E-state index is 7.17. The first-order valence-electron chi connectivity index (χ1n) is 0.775. The summed E-state index contributed by atoms with van der Waals surface area (Å²) in [5.74, 6) is 0. The van der Waals surface area contributed by atoms with E-state index >= 15 is 0 Å². The van der Waals surface area contributed by atoms with Crippen molar-refractivity contribution in [2.24, 2.45) is 0 Å². The van der Waals surface area contributed by atoms with Gasteiger partial charge in [0, 0.05) is 33.3 Å². The van der Waals surface area contributed by atoms with Crippen molar-refractivity contribution in [3.05, 3.63) is 0 Å². The van der Waals surface area contributed by atoms with Gasteiger partial charge in [0.1, 0.15) is 0 Å². The van der Waals surface area contributed by atoms with Crippen LogP contribution in [0.2, 0.25) is 0 Å².